The van der Waals surface area contributed by atoms with Gasteiger partial charge in [0.15, 0.2) is 0 Å². The molecule has 0 saturated carbocycles. The first-order valence-corrected chi connectivity index (χ1v) is 5.97. The second kappa shape index (κ2) is 4.75. The number of thioether (sulfide) groups is 1. The number of aliphatic hydroxyl groups excluding tert-OH is 1. The first-order valence-electron chi connectivity index (χ1n) is 4.92. The van der Waals surface area contributed by atoms with Gasteiger partial charge in [0.2, 0.25) is 0 Å². The third-order valence-corrected chi connectivity index (χ3v) is 3.94. The Morgan fingerprint density at radius 2 is 2.14 bits per heavy atom. The van der Waals surface area contributed by atoms with Crippen LogP contribution in [0, 0.1) is 0 Å². The van der Waals surface area contributed by atoms with Crippen molar-refractivity contribution in [2.75, 3.05) is 5.75 Å². The smallest absolute Gasteiger partial charge is 0.115 e. The molecule has 2 unspecified atom stereocenters. The third-order valence-electron chi connectivity index (χ3n) is 2.49. The molecule has 1 fully saturated rings. The topological polar surface area (TPSA) is 46.0 Å². The Morgan fingerprint density at radius 3 is 2.79 bits per heavy atom. The van der Waals surface area contributed by atoms with Gasteiger partial charge in [-0.1, -0.05) is 6.42 Å². The molecule has 1 aliphatic heterocycles. The molecule has 14 heavy (non-hydrogen) atoms. The van der Waals surface area contributed by atoms with Crippen LogP contribution >= 0.6 is 11.8 Å². The highest BCUT2D eigenvalue weighted by molar-refractivity contribution is 7.99. The molecule has 2 heterocycles. The van der Waals surface area contributed by atoms with Gasteiger partial charge in [-0.25, -0.2) is 9.97 Å². The van der Waals surface area contributed by atoms with Crippen LogP contribution in [-0.4, -0.2) is 26.1 Å². The number of hydrogen-bond acceptors (Lipinski definition) is 4. The molecular weight excluding hydrogens is 196 g/mol. The average molecular weight is 210 g/mol. The van der Waals surface area contributed by atoms with E-state index in [-0.39, 0.29) is 0 Å². The normalized spacial score (nSPS) is 24.5. The number of hydrogen-bond donors (Lipinski definition) is 1. The van der Waals surface area contributed by atoms with Crippen LogP contribution < -0.4 is 0 Å². The van der Waals surface area contributed by atoms with E-state index in [9.17, 15) is 5.11 Å². The Morgan fingerprint density at radius 1 is 1.36 bits per heavy atom. The third kappa shape index (κ3) is 2.25. The fraction of sp³-hybridized carbons (Fsp3) is 0.600. The lowest BCUT2D eigenvalue weighted by Crippen LogP contribution is -2.19. The minimum absolute atomic E-state index is 0.328. The molecule has 2 atom stereocenters. The summed E-state index contributed by atoms with van der Waals surface area (Å²) in [6.45, 7) is 0. The van der Waals surface area contributed by atoms with Gasteiger partial charge in [0.05, 0.1) is 6.10 Å². The fourth-order valence-electron chi connectivity index (χ4n) is 1.69. The summed E-state index contributed by atoms with van der Waals surface area (Å²) in [5.74, 6) is 1.16. The van der Waals surface area contributed by atoms with Crippen molar-refractivity contribution in [3.05, 3.63) is 24.3 Å². The van der Waals surface area contributed by atoms with Crippen molar-refractivity contribution in [2.24, 2.45) is 0 Å². The van der Waals surface area contributed by atoms with Crippen molar-refractivity contribution in [1.82, 2.24) is 9.97 Å². The van der Waals surface area contributed by atoms with Crippen LogP contribution in [0.2, 0.25) is 0 Å². The SMILES string of the molecule is OC(c1cncnc1)C1CCCCS1. The second-order valence-corrected chi connectivity index (χ2v) is 4.87. The molecule has 76 valence electrons. The molecule has 3 nitrogen and oxygen atoms in total. The number of aliphatic hydroxyl groups is 1. The van der Waals surface area contributed by atoms with Crippen molar-refractivity contribution in [3.8, 4) is 0 Å². The van der Waals surface area contributed by atoms with E-state index in [1.165, 1.54) is 19.2 Å². The van der Waals surface area contributed by atoms with E-state index in [0.29, 0.717) is 5.25 Å². The first kappa shape index (κ1) is 9.93. The highest BCUT2D eigenvalue weighted by Gasteiger charge is 2.23. The van der Waals surface area contributed by atoms with Gasteiger partial charge < -0.3 is 5.11 Å². The van der Waals surface area contributed by atoms with E-state index in [0.717, 1.165) is 17.7 Å². The van der Waals surface area contributed by atoms with Gasteiger partial charge in [-0.2, -0.15) is 11.8 Å². The summed E-state index contributed by atoms with van der Waals surface area (Å²) in [7, 11) is 0. The van der Waals surface area contributed by atoms with Gasteiger partial charge in [-0.05, 0) is 18.6 Å². The van der Waals surface area contributed by atoms with Crippen molar-refractivity contribution in [2.45, 2.75) is 30.6 Å². The molecule has 1 saturated heterocycles. The van der Waals surface area contributed by atoms with Crippen LogP contribution in [0.15, 0.2) is 18.7 Å². The van der Waals surface area contributed by atoms with Gasteiger partial charge in [-0.15, -0.1) is 0 Å². The van der Waals surface area contributed by atoms with E-state index in [2.05, 4.69) is 9.97 Å². The molecular formula is C10H14N2OS. The molecule has 4 heteroatoms. The average Bonchev–Trinajstić information content (AvgIpc) is 2.30. The van der Waals surface area contributed by atoms with Gasteiger partial charge in [0.1, 0.15) is 6.33 Å². The van der Waals surface area contributed by atoms with Crippen LogP contribution in [0.5, 0.6) is 0 Å². The summed E-state index contributed by atoms with van der Waals surface area (Å²) in [4.78, 5) is 7.84. The standard InChI is InChI=1S/C10H14N2OS/c13-10(8-5-11-7-12-6-8)9-3-1-2-4-14-9/h5-7,9-10,13H,1-4H2. The number of nitrogens with zero attached hydrogens (tertiary/aromatic N) is 2. The Labute approximate surface area is 88.0 Å². The van der Waals surface area contributed by atoms with Crippen LogP contribution in [-0.2, 0) is 0 Å². The highest BCUT2D eigenvalue weighted by Crippen LogP contribution is 2.33. The largest absolute Gasteiger partial charge is 0.387 e. The van der Waals surface area contributed by atoms with Crippen LogP contribution in [0.25, 0.3) is 0 Å². The molecule has 1 aromatic heterocycles. The highest BCUT2D eigenvalue weighted by atomic mass is 32.2. The van der Waals surface area contributed by atoms with Crippen LogP contribution in [0.3, 0.4) is 0 Å². The lowest BCUT2D eigenvalue weighted by Gasteiger charge is -2.25. The quantitative estimate of drug-likeness (QED) is 0.808. The summed E-state index contributed by atoms with van der Waals surface area (Å²) in [6.07, 6.45) is 8.09. The Balaban J connectivity index is 2.03. The molecule has 0 aliphatic carbocycles. The molecule has 0 bridgehead atoms. The fourth-order valence-corrected chi connectivity index (χ4v) is 3.04. The summed E-state index contributed by atoms with van der Waals surface area (Å²) >= 11 is 1.86. The van der Waals surface area contributed by atoms with E-state index < -0.39 is 6.10 Å². The van der Waals surface area contributed by atoms with Crippen LogP contribution in [0.4, 0.5) is 0 Å². The minimum Gasteiger partial charge on any atom is -0.387 e. The lowest BCUT2D eigenvalue weighted by molar-refractivity contribution is 0.168. The zero-order chi connectivity index (χ0) is 9.80. The minimum atomic E-state index is -0.401. The maximum atomic E-state index is 10.0. The molecule has 0 radical (unpaired) electrons. The molecule has 2 rings (SSSR count). The predicted molar refractivity (Wildman–Crippen MR) is 57.1 cm³/mol. The Hall–Kier alpha value is -0.610. The van der Waals surface area contributed by atoms with E-state index in [4.69, 9.17) is 0 Å². The van der Waals surface area contributed by atoms with Gasteiger partial charge >= 0.3 is 0 Å². The maximum Gasteiger partial charge on any atom is 0.115 e. The zero-order valence-corrected chi connectivity index (χ0v) is 8.78. The molecule has 0 aromatic carbocycles. The second-order valence-electron chi connectivity index (χ2n) is 3.52. The van der Waals surface area contributed by atoms with Gasteiger partial charge in [0, 0.05) is 23.2 Å². The Bertz CT molecular complexity index is 275. The molecule has 0 amide bonds. The predicted octanol–water partition coefficient (Wildman–Crippen LogP) is 1.80. The van der Waals surface area contributed by atoms with Crippen molar-refractivity contribution >= 4 is 11.8 Å². The first-order chi connectivity index (χ1) is 6.88. The van der Waals surface area contributed by atoms with Crippen molar-refractivity contribution < 1.29 is 5.11 Å². The molecule has 1 aromatic rings. The van der Waals surface area contributed by atoms with E-state index in [1.54, 1.807) is 12.4 Å². The molecule has 1 aliphatic rings. The van der Waals surface area contributed by atoms with Gasteiger partial charge in [0.25, 0.3) is 0 Å². The van der Waals surface area contributed by atoms with E-state index in [1.807, 2.05) is 11.8 Å². The monoisotopic (exact) mass is 210 g/mol. The van der Waals surface area contributed by atoms with Crippen LogP contribution in [0.1, 0.15) is 30.9 Å². The summed E-state index contributed by atoms with van der Waals surface area (Å²) in [6, 6.07) is 0. The lowest BCUT2D eigenvalue weighted by atomic mass is 10.1. The molecule has 0 spiro atoms. The molecule has 1 N–H and O–H groups in total. The maximum absolute atomic E-state index is 10.0. The summed E-state index contributed by atoms with van der Waals surface area (Å²) < 4.78 is 0. The van der Waals surface area contributed by atoms with Gasteiger partial charge in [-0.3, -0.25) is 0 Å². The summed E-state index contributed by atoms with van der Waals surface area (Å²) in [5.41, 5.74) is 0.840. The van der Waals surface area contributed by atoms with Crippen molar-refractivity contribution in [3.63, 3.8) is 0 Å². The Kier molecular flexibility index (Phi) is 3.37. The summed E-state index contributed by atoms with van der Waals surface area (Å²) in [5, 5.41) is 10.4. The van der Waals surface area contributed by atoms with E-state index >= 15 is 0 Å². The zero-order valence-electron chi connectivity index (χ0n) is 7.97. The number of aromatic nitrogens is 2. The van der Waals surface area contributed by atoms with Crippen molar-refractivity contribution in [1.29, 1.82) is 0 Å². The number of rotatable bonds is 2.